The molecule has 0 radical (unpaired) electrons. The standard InChI is InChI=1S/C31H27Br2N3O2/c1-18-14-19(2)25(15-20(18)17-38-24-12-8-22(33)9-13-24)29-26(16-34)31(35)36(23-10-6-21(32)7-11-23)27-4-3-5-28(37)30(27)29/h6-15,29H,3-5,17,35H2,1-2H3. The van der Waals surface area contributed by atoms with E-state index in [0.29, 0.717) is 30.0 Å². The molecule has 3 aromatic rings. The Hall–Kier alpha value is -3.34. The number of ketones is 1. The van der Waals surface area contributed by atoms with Crippen molar-refractivity contribution in [2.24, 2.45) is 5.73 Å². The minimum absolute atomic E-state index is 0.0752. The summed E-state index contributed by atoms with van der Waals surface area (Å²) in [5, 5.41) is 10.4. The second-order valence-corrected chi connectivity index (χ2v) is 11.5. The zero-order valence-corrected chi connectivity index (χ0v) is 24.4. The van der Waals surface area contributed by atoms with Crippen molar-refractivity contribution >= 4 is 43.3 Å². The predicted molar refractivity (Wildman–Crippen MR) is 156 cm³/mol. The molecule has 7 heteroatoms. The Morgan fingerprint density at radius 3 is 2.32 bits per heavy atom. The van der Waals surface area contributed by atoms with E-state index in [1.807, 2.05) is 60.4 Å². The minimum Gasteiger partial charge on any atom is -0.489 e. The Morgan fingerprint density at radius 2 is 1.66 bits per heavy atom. The molecule has 0 saturated heterocycles. The van der Waals surface area contributed by atoms with Gasteiger partial charge in [0.25, 0.3) is 0 Å². The number of carbonyl (C=O) groups excluding carboxylic acids is 1. The summed E-state index contributed by atoms with van der Waals surface area (Å²) < 4.78 is 8.02. The monoisotopic (exact) mass is 631 g/mol. The van der Waals surface area contributed by atoms with Gasteiger partial charge in [-0.05, 0) is 97.5 Å². The molecule has 0 bridgehead atoms. The Morgan fingerprint density at radius 1 is 1.00 bits per heavy atom. The second-order valence-electron chi connectivity index (χ2n) is 9.67. The molecule has 0 amide bonds. The van der Waals surface area contributed by atoms with Gasteiger partial charge in [0.1, 0.15) is 18.2 Å². The number of ether oxygens (including phenoxy) is 1. The first kappa shape index (κ1) is 26.3. The third kappa shape index (κ3) is 4.91. The number of anilines is 1. The van der Waals surface area contributed by atoms with Gasteiger partial charge in [0, 0.05) is 32.3 Å². The first-order valence-electron chi connectivity index (χ1n) is 12.5. The number of halogens is 2. The lowest BCUT2D eigenvalue weighted by molar-refractivity contribution is -0.116. The average Bonchev–Trinajstić information content (AvgIpc) is 2.90. The van der Waals surface area contributed by atoms with Gasteiger partial charge >= 0.3 is 0 Å². The number of nitriles is 1. The van der Waals surface area contributed by atoms with Crippen LogP contribution in [-0.2, 0) is 11.4 Å². The predicted octanol–water partition coefficient (Wildman–Crippen LogP) is 7.71. The number of Topliss-reactive ketones (excluding diaryl/α,β-unsaturated/α-hetero) is 1. The van der Waals surface area contributed by atoms with Gasteiger partial charge in [-0.1, -0.05) is 44.0 Å². The van der Waals surface area contributed by atoms with Crippen LogP contribution in [0.25, 0.3) is 0 Å². The van der Waals surface area contributed by atoms with Crippen LogP contribution in [-0.4, -0.2) is 5.78 Å². The van der Waals surface area contributed by atoms with Gasteiger partial charge in [-0.3, -0.25) is 9.69 Å². The van der Waals surface area contributed by atoms with Gasteiger partial charge < -0.3 is 10.5 Å². The molecule has 0 fully saturated rings. The third-order valence-corrected chi connectivity index (χ3v) is 8.30. The van der Waals surface area contributed by atoms with Gasteiger partial charge in [0.05, 0.1) is 17.6 Å². The molecule has 1 heterocycles. The van der Waals surface area contributed by atoms with E-state index in [-0.39, 0.29) is 5.78 Å². The number of hydrogen-bond acceptors (Lipinski definition) is 5. The summed E-state index contributed by atoms with van der Waals surface area (Å²) in [5.74, 6) is 0.709. The molecule has 2 N–H and O–H groups in total. The molecule has 3 aromatic carbocycles. The summed E-state index contributed by atoms with van der Waals surface area (Å²) in [6, 6.07) is 22.1. The van der Waals surface area contributed by atoms with Crippen LogP contribution in [0.3, 0.4) is 0 Å². The fourth-order valence-corrected chi connectivity index (χ4v) is 5.89. The fourth-order valence-electron chi connectivity index (χ4n) is 5.36. The lowest BCUT2D eigenvalue weighted by Gasteiger charge is -2.40. The van der Waals surface area contributed by atoms with Crippen molar-refractivity contribution in [2.75, 3.05) is 4.90 Å². The van der Waals surface area contributed by atoms with Crippen LogP contribution in [0, 0.1) is 25.2 Å². The molecule has 0 spiro atoms. The zero-order valence-electron chi connectivity index (χ0n) is 21.2. The van der Waals surface area contributed by atoms with E-state index in [0.717, 1.165) is 61.2 Å². The van der Waals surface area contributed by atoms with Crippen LogP contribution in [0.5, 0.6) is 5.75 Å². The van der Waals surface area contributed by atoms with Crippen LogP contribution in [0.4, 0.5) is 5.69 Å². The number of nitrogens with two attached hydrogens (primary N) is 1. The second kappa shape index (κ2) is 10.8. The Labute approximate surface area is 239 Å². The zero-order chi connectivity index (χ0) is 27.0. The van der Waals surface area contributed by atoms with Gasteiger partial charge in [-0.2, -0.15) is 5.26 Å². The van der Waals surface area contributed by atoms with Crippen molar-refractivity contribution in [3.63, 3.8) is 0 Å². The van der Waals surface area contributed by atoms with Crippen molar-refractivity contribution in [3.05, 3.63) is 115 Å². The van der Waals surface area contributed by atoms with E-state index in [4.69, 9.17) is 10.5 Å². The van der Waals surface area contributed by atoms with E-state index in [2.05, 4.69) is 57.0 Å². The van der Waals surface area contributed by atoms with Gasteiger partial charge in [0.2, 0.25) is 0 Å². The molecule has 0 aromatic heterocycles. The highest BCUT2D eigenvalue weighted by atomic mass is 79.9. The number of carbonyl (C=O) groups is 1. The van der Waals surface area contributed by atoms with Gasteiger partial charge in [-0.25, -0.2) is 0 Å². The van der Waals surface area contributed by atoms with Crippen LogP contribution in [0.1, 0.15) is 47.4 Å². The molecular formula is C31H27Br2N3O2. The molecular weight excluding hydrogens is 606 g/mol. The van der Waals surface area contributed by atoms with E-state index >= 15 is 0 Å². The van der Waals surface area contributed by atoms with Crippen molar-refractivity contribution in [3.8, 4) is 11.8 Å². The first-order valence-corrected chi connectivity index (χ1v) is 14.1. The quantitative estimate of drug-likeness (QED) is 0.312. The highest BCUT2D eigenvalue weighted by Gasteiger charge is 2.41. The molecule has 1 unspecified atom stereocenters. The van der Waals surface area contributed by atoms with Crippen molar-refractivity contribution in [2.45, 2.75) is 45.6 Å². The molecule has 1 atom stereocenters. The Kier molecular flexibility index (Phi) is 7.47. The van der Waals surface area contributed by atoms with Crippen LogP contribution in [0.15, 0.2) is 92.3 Å². The maximum Gasteiger partial charge on any atom is 0.161 e. The number of rotatable bonds is 5. The smallest absolute Gasteiger partial charge is 0.161 e. The highest BCUT2D eigenvalue weighted by molar-refractivity contribution is 9.10. The van der Waals surface area contributed by atoms with Crippen LogP contribution < -0.4 is 15.4 Å². The average molecular weight is 633 g/mol. The summed E-state index contributed by atoms with van der Waals surface area (Å²) in [6.07, 6.45) is 1.94. The summed E-state index contributed by atoms with van der Waals surface area (Å²) in [6.45, 7) is 4.46. The molecule has 5 rings (SSSR count). The SMILES string of the molecule is Cc1cc(C)c(C2C(C#N)=C(N)N(c3ccc(Br)cc3)C3=C2C(=O)CCC3)cc1COc1ccc(Br)cc1. The minimum atomic E-state index is -0.512. The van der Waals surface area contributed by atoms with Crippen LogP contribution in [0.2, 0.25) is 0 Å². The molecule has 38 heavy (non-hydrogen) atoms. The summed E-state index contributed by atoms with van der Waals surface area (Å²) in [5.41, 5.74) is 13.6. The summed E-state index contributed by atoms with van der Waals surface area (Å²) >= 11 is 6.94. The Balaban J connectivity index is 1.61. The molecule has 2 aliphatic rings. The topological polar surface area (TPSA) is 79.4 Å². The van der Waals surface area contributed by atoms with Crippen molar-refractivity contribution in [1.29, 1.82) is 5.26 Å². The number of allylic oxidation sites excluding steroid dienone is 3. The van der Waals surface area contributed by atoms with E-state index in [9.17, 15) is 10.1 Å². The molecule has 1 aliphatic heterocycles. The van der Waals surface area contributed by atoms with E-state index in [1.165, 1.54) is 0 Å². The number of benzene rings is 3. The van der Waals surface area contributed by atoms with Gasteiger partial charge in [-0.15, -0.1) is 0 Å². The maximum atomic E-state index is 13.5. The molecule has 1 aliphatic carbocycles. The molecule has 192 valence electrons. The van der Waals surface area contributed by atoms with Crippen LogP contribution >= 0.6 is 31.9 Å². The van der Waals surface area contributed by atoms with E-state index < -0.39 is 5.92 Å². The Bertz CT molecular complexity index is 1520. The largest absolute Gasteiger partial charge is 0.489 e. The molecule has 5 nitrogen and oxygen atoms in total. The van der Waals surface area contributed by atoms with Crippen molar-refractivity contribution < 1.29 is 9.53 Å². The fraction of sp³-hybridized carbons (Fsp3) is 0.226. The normalized spacial score (nSPS) is 17.4. The maximum absolute atomic E-state index is 13.5. The lowest BCUT2D eigenvalue weighted by Crippen LogP contribution is -2.38. The van der Waals surface area contributed by atoms with Crippen molar-refractivity contribution in [1.82, 2.24) is 0 Å². The third-order valence-electron chi connectivity index (χ3n) is 7.24. The highest BCUT2D eigenvalue weighted by Crippen LogP contribution is 2.47. The summed E-state index contributed by atoms with van der Waals surface area (Å²) in [4.78, 5) is 15.4. The number of hydrogen-bond donors (Lipinski definition) is 1. The van der Waals surface area contributed by atoms with Gasteiger partial charge in [0.15, 0.2) is 5.78 Å². The first-order chi connectivity index (χ1) is 18.3. The summed E-state index contributed by atoms with van der Waals surface area (Å²) in [7, 11) is 0. The number of nitrogens with zero attached hydrogens (tertiary/aromatic N) is 2. The molecule has 0 saturated carbocycles. The lowest BCUT2D eigenvalue weighted by atomic mass is 9.74. The number of aryl methyl sites for hydroxylation is 2. The van der Waals surface area contributed by atoms with E-state index in [1.54, 1.807) is 0 Å².